The number of nitrogens with zero attached hydrogens (tertiary/aromatic N) is 2. The Labute approximate surface area is 158 Å². The Morgan fingerprint density at radius 1 is 1.30 bits per heavy atom. The van der Waals surface area contributed by atoms with Crippen LogP contribution in [0.25, 0.3) is 16.6 Å². The topological polar surface area (TPSA) is 73.2 Å². The maximum Gasteiger partial charge on any atom is 0.305 e. The van der Waals surface area contributed by atoms with Crippen LogP contribution in [0, 0.1) is 6.92 Å². The predicted octanol–water partition coefficient (Wildman–Crippen LogP) is 3.65. The first-order valence-corrected chi connectivity index (χ1v) is 9.32. The van der Waals surface area contributed by atoms with Crippen molar-refractivity contribution < 1.29 is 9.53 Å². The summed E-state index contributed by atoms with van der Waals surface area (Å²) in [7, 11) is 1.40. The molecule has 1 N–H and O–H groups in total. The molecule has 1 aliphatic carbocycles. The third-order valence-electron chi connectivity index (χ3n) is 4.65. The summed E-state index contributed by atoms with van der Waals surface area (Å²) in [6, 6.07) is 5.66. The minimum absolute atomic E-state index is 0.0621. The van der Waals surface area contributed by atoms with Crippen molar-refractivity contribution in [3.8, 4) is 0 Å². The summed E-state index contributed by atoms with van der Waals surface area (Å²) in [5.41, 5.74) is 2.28. The average Bonchev–Trinajstić information content (AvgIpc) is 2.68. The van der Waals surface area contributed by atoms with Crippen molar-refractivity contribution in [1.29, 1.82) is 0 Å². The SMILES string of the molecule is COC(=O)CCCCNc1cccc2nc(C)n(C3=CCCC=C3)c(=O)c12. The Morgan fingerprint density at radius 2 is 2.15 bits per heavy atom. The van der Waals surface area contributed by atoms with Gasteiger partial charge in [-0.05, 0) is 50.8 Å². The summed E-state index contributed by atoms with van der Waals surface area (Å²) in [6.45, 7) is 2.53. The van der Waals surface area contributed by atoms with Gasteiger partial charge in [-0.3, -0.25) is 14.2 Å². The van der Waals surface area contributed by atoms with Gasteiger partial charge in [0.05, 0.1) is 18.0 Å². The highest BCUT2D eigenvalue weighted by atomic mass is 16.5. The van der Waals surface area contributed by atoms with Crippen LogP contribution in [0.5, 0.6) is 0 Å². The number of carbonyl (C=O) groups excluding carboxylic acids is 1. The summed E-state index contributed by atoms with van der Waals surface area (Å²) in [5.74, 6) is 0.483. The van der Waals surface area contributed by atoms with Crippen molar-refractivity contribution in [2.45, 2.75) is 39.0 Å². The summed E-state index contributed by atoms with van der Waals surface area (Å²) in [5, 5.41) is 3.92. The van der Waals surface area contributed by atoms with Crippen LogP contribution >= 0.6 is 0 Å². The van der Waals surface area contributed by atoms with Crippen molar-refractivity contribution in [3.05, 3.63) is 52.6 Å². The fourth-order valence-electron chi connectivity index (χ4n) is 3.28. The highest BCUT2D eigenvalue weighted by molar-refractivity contribution is 5.91. The molecule has 0 saturated carbocycles. The monoisotopic (exact) mass is 367 g/mol. The van der Waals surface area contributed by atoms with Crippen LogP contribution in [0.2, 0.25) is 0 Å². The van der Waals surface area contributed by atoms with Crippen LogP contribution in [0.15, 0.2) is 41.2 Å². The molecule has 6 heteroatoms. The number of benzene rings is 1. The van der Waals surface area contributed by atoms with Gasteiger partial charge in [-0.1, -0.05) is 18.2 Å². The van der Waals surface area contributed by atoms with Gasteiger partial charge in [0, 0.05) is 24.4 Å². The number of aryl methyl sites for hydroxylation is 1. The lowest BCUT2D eigenvalue weighted by Gasteiger charge is -2.16. The standard InChI is InChI=1S/C21H25N3O3/c1-15-23-18-12-8-11-17(22-14-7-6-13-19(25)27-2)20(18)21(26)24(15)16-9-4-3-5-10-16/h4,8-12,22H,3,5-7,13-14H2,1-2H3. The number of allylic oxidation sites excluding steroid dienone is 4. The van der Waals surface area contributed by atoms with Gasteiger partial charge < -0.3 is 10.1 Å². The minimum Gasteiger partial charge on any atom is -0.469 e. The van der Waals surface area contributed by atoms with Crippen molar-refractivity contribution in [3.63, 3.8) is 0 Å². The molecule has 0 fully saturated rings. The molecule has 142 valence electrons. The van der Waals surface area contributed by atoms with Gasteiger partial charge in [-0.2, -0.15) is 0 Å². The van der Waals surface area contributed by atoms with E-state index in [-0.39, 0.29) is 11.5 Å². The second kappa shape index (κ2) is 8.66. The zero-order valence-corrected chi connectivity index (χ0v) is 15.8. The second-order valence-corrected chi connectivity index (χ2v) is 6.57. The molecular weight excluding hydrogens is 342 g/mol. The van der Waals surface area contributed by atoms with Crippen LogP contribution in [0.1, 0.15) is 37.9 Å². The molecule has 0 saturated heterocycles. The molecule has 1 aromatic heterocycles. The number of nitrogens with one attached hydrogen (secondary N) is 1. The molecule has 0 atom stereocenters. The molecule has 0 amide bonds. The number of anilines is 1. The zero-order chi connectivity index (χ0) is 19.2. The van der Waals surface area contributed by atoms with E-state index in [4.69, 9.17) is 0 Å². The van der Waals surface area contributed by atoms with E-state index in [0.717, 1.165) is 37.1 Å². The van der Waals surface area contributed by atoms with E-state index in [2.05, 4.69) is 27.2 Å². The van der Waals surface area contributed by atoms with E-state index < -0.39 is 0 Å². The van der Waals surface area contributed by atoms with Crippen LogP contribution < -0.4 is 10.9 Å². The Hall–Kier alpha value is -2.89. The third-order valence-corrected chi connectivity index (χ3v) is 4.65. The maximum absolute atomic E-state index is 13.2. The molecule has 6 nitrogen and oxygen atoms in total. The number of fused-ring (bicyclic) bond motifs is 1. The van der Waals surface area contributed by atoms with E-state index in [9.17, 15) is 9.59 Å². The largest absolute Gasteiger partial charge is 0.469 e. The maximum atomic E-state index is 13.2. The molecule has 0 radical (unpaired) electrons. The van der Waals surface area contributed by atoms with Crippen molar-refractivity contribution >= 4 is 28.3 Å². The molecule has 0 spiro atoms. The molecule has 1 heterocycles. The van der Waals surface area contributed by atoms with Gasteiger partial charge in [0.1, 0.15) is 5.82 Å². The highest BCUT2D eigenvalue weighted by Gasteiger charge is 2.14. The zero-order valence-electron chi connectivity index (χ0n) is 15.8. The Bertz CT molecular complexity index is 957. The van der Waals surface area contributed by atoms with Gasteiger partial charge in [0.2, 0.25) is 0 Å². The van der Waals surface area contributed by atoms with Crippen LogP contribution in [-0.2, 0) is 9.53 Å². The van der Waals surface area contributed by atoms with E-state index in [0.29, 0.717) is 29.7 Å². The first kappa shape index (κ1) is 18.9. The second-order valence-electron chi connectivity index (χ2n) is 6.57. The number of unbranched alkanes of at least 4 members (excludes halogenated alkanes) is 1. The number of hydrogen-bond donors (Lipinski definition) is 1. The number of rotatable bonds is 7. The lowest BCUT2D eigenvalue weighted by molar-refractivity contribution is -0.140. The van der Waals surface area contributed by atoms with E-state index in [1.54, 1.807) is 4.57 Å². The van der Waals surface area contributed by atoms with Gasteiger partial charge in [0.25, 0.3) is 5.56 Å². The Kier molecular flexibility index (Phi) is 6.06. The fourth-order valence-corrected chi connectivity index (χ4v) is 3.28. The van der Waals surface area contributed by atoms with Crippen LogP contribution in [0.4, 0.5) is 5.69 Å². The van der Waals surface area contributed by atoms with Gasteiger partial charge >= 0.3 is 5.97 Å². The first-order chi connectivity index (χ1) is 13.1. The van der Waals surface area contributed by atoms with Crippen molar-refractivity contribution in [2.24, 2.45) is 0 Å². The Morgan fingerprint density at radius 3 is 2.89 bits per heavy atom. The molecule has 1 aliphatic rings. The quantitative estimate of drug-likeness (QED) is 0.597. The summed E-state index contributed by atoms with van der Waals surface area (Å²) in [6.07, 6.45) is 10.0. The third kappa shape index (κ3) is 4.27. The number of hydrogen-bond acceptors (Lipinski definition) is 5. The Balaban J connectivity index is 1.86. The molecule has 27 heavy (non-hydrogen) atoms. The smallest absolute Gasteiger partial charge is 0.305 e. The molecule has 0 bridgehead atoms. The molecule has 1 aromatic carbocycles. The number of carbonyl (C=O) groups is 1. The number of methoxy groups -OCH3 is 1. The lowest BCUT2D eigenvalue weighted by Crippen LogP contribution is -2.24. The normalized spacial score (nSPS) is 13.5. The molecule has 0 unspecified atom stereocenters. The minimum atomic E-state index is -0.198. The molecule has 2 aromatic rings. The predicted molar refractivity (Wildman–Crippen MR) is 108 cm³/mol. The number of aromatic nitrogens is 2. The molecule has 0 aliphatic heterocycles. The summed E-state index contributed by atoms with van der Waals surface area (Å²) >= 11 is 0. The number of ether oxygens (including phenoxy) is 1. The van der Waals surface area contributed by atoms with Crippen molar-refractivity contribution in [2.75, 3.05) is 19.0 Å². The summed E-state index contributed by atoms with van der Waals surface area (Å²) in [4.78, 5) is 29.0. The fraction of sp³-hybridized carbons (Fsp3) is 0.381. The van der Waals surface area contributed by atoms with E-state index in [1.165, 1.54) is 7.11 Å². The van der Waals surface area contributed by atoms with Gasteiger partial charge in [0.15, 0.2) is 0 Å². The average molecular weight is 367 g/mol. The van der Waals surface area contributed by atoms with Gasteiger partial charge in [-0.25, -0.2) is 4.98 Å². The molecule has 3 rings (SSSR count). The lowest BCUT2D eigenvalue weighted by atomic mass is 10.1. The van der Waals surface area contributed by atoms with Crippen LogP contribution in [-0.4, -0.2) is 29.2 Å². The first-order valence-electron chi connectivity index (χ1n) is 9.32. The van der Waals surface area contributed by atoms with E-state index >= 15 is 0 Å². The highest BCUT2D eigenvalue weighted by Crippen LogP contribution is 2.22. The molecular formula is C21H25N3O3. The van der Waals surface area contributed by atoms with E-state index in [1.807, 2.05) is 31.2 Å². The number of esters is 1. The van der Waals surface area contributed by atoms with Crippen molar-refractivity contribution in [1.82, 2.24) is 9.55 Å². The van der Waals surface area contributed by atoms with Crippen LogP contribution in [0.3, 0.4) is 0 Å². The van der Waals surface area contributed by atoms with Gasteiger partial charge in [-0.15, -0.1) is 0 Å². The summed E-state index contributed by atoms with van der Waals surface area (Å²) < 4.78 is 6.33.